The van der Waals surface area contributed by atoms with Gasteiger partial charge in [-0.2, -0.15) is 0 Å². The van der Waals surface area contributed by atoms with Crippen molar-refractivity contribution in [1.82, 2.24) is 0 Å². The molecule has 0 aliphatic carbocycles. The topological polar surface area (TPSA) is 69.2 Å². The van der Waals surface area contributed by atoms with Gasteiger partial charge in [-0.25, -0.2) is 0 Å². The lowest BCUT2D eigenvalue weighted by molar-refractivity contribution is -0.923. The Morgan fingerprint density at radius 3 is 1.90 bits per heavy atom. The molecule has 4 aliphatic rings. The van der Waals surface area contributed by atoms with Crippen LogP contribution in [0.3, 0.4) is 0 Å². The fraction of sp³-hybridized carbons (Fsp3) is 0.385. The molecule has 0 fully saturated rings. The molecule has 10 heteroatoms. The number of fused-ring (bicyclic) bond motifs is 2. The van der Waals surface area contributed by atoms with Gasteiger partial charge in [0.1, 0.15) is 29.3 Å². The quantitative estimate of drug-likeness (QED) is 0.301. The molecule has 8 nitrogen and oxygen atoms in total. The van der Waals surface area contributed by atoms with Crippen molar-refractivity contribution in [3.05, 3.63) is 94.0 Å². The van der Waals surface area contributed by atoms with Crippen LogP contribution in [0.2, 0.25) is 0 Å². The van der Waals surface area contributed by atoms with Crippen molar-refractivity contribution in [2.75, 3.05) is 62.6 Å². The lowest BCUT2D eigenvalue weighted by atomic mass is 9.85. The van der Waals surface area contributed by atoms with Gasteiger partial charge in [0.25, 0.3) is 0 Å². The maximum absolute atomic E-state index is 13.9. The molecule has 4 aromatic carbocycles. The lowest BCUT2D eigenvalue weighted by Gasteiger charge is -2.44. The summed E-state index contributed by atoms with van der Waals surface area (Å²) in [6.45, 7) is 1.93. The molecular weight excluding hydrogens is 663 g/mol. The highest BCUT2D eigenvalue weighted by atomic mass is 35.5. The van der Waals surface area contributed by atoms with Gasteiger partial charge in [-0.3, -0.25) is 0 Å². The first-order valence-corrected chi connectivity index (χ1v) is 16.4. The van der Waals surface area contributed by atoms with Gasteiger partial charge in [-0.05, 0) is 70.5 Å². The van der Waals surface area contributed by atoms with Gasteiger partial charge in [0.05, 0.1) is 68.2 Å². The van der Waals surface area contributed by atoms with Crippen LogP contribution in [0.25, 0.3) is 0 Å². The molecule has 262 valence electrons. The molecule has 0 spiro atoms. The predicted octanol–water partition coefficient (Wildman–Crippen LogP) is 3.94. The normalized spacial score (nSPS) is 19.7. The van der Waals surface area contributed by atoms with Gasteiger partial charge in [0.15, 0.2) is 23.0 Å². The zero-order chi connectivity index (χ0) is 33.1. The van der Waals surface area contributed by atoms with Crippen LogP contribution in [-0.2, 0) is 25.7 Å². The summed E-state index contributed by atoms with van der Waals surface area (Å²) in [4.78, 5) is 0. The average molecular weight is 710 g/mol. The molecule has 0 N–H and O–H groups in total. The molecule has 0 amide bonds. The molecule has 6 bridgehead atoms. The van der Waals surface area contributed by atoms with E-state index in [4.69, 9.17) is 23.7 Å². The Kier molecular flexibility index (Phi) is 10.3. The molecule has 0 saturated heterocycles. The summed E-state index contributed by atoms with van der Waals surface area (Å²) < 4.78 is 32.2. The van der Waals surface area contributed by atoms with Crippen molar-refractivity contribution in [3.8, 4) is 46.0 Å². The standard InChI is InChI=1S/C39H45N2O6.2ClH/c1-40(2)16-14-26-21-33(44-6)35-23-29(26)30(40)18-24-8-11-28(12-9-24)46-39-37-27(22-36(45-7)38(39)42)15-17-41(3,4)31(37)19-25-10-13-32(43-5)34(20-25)47-35;;/h8-13,20-23,30-31H,14-19H2,1-7H3;2*1H/q+1;;/p-1/t30-,31-;;/m0../s1. The van der Waals surface area contributed by atoms with Crippen molar-refractivity contribution in [2.24, 2.45) is 0 Å². The fourth-order valence-electron chi connectivity index (χ4n) is 7.76. The monoisotopic (exact) mass is 708 g/mol. The number of halogens is 2. The van der Waals surface area contributed by atoms with Crippen molar-refractivity contribution in [1.29, 1.82) is 0 Å². The molecule has 0 radical (unpaired) electrons. The summed E-state index contributed by atoms with van der Waals surface area (Å²) in [5, 5.41) is 13.9. The smallest absolute Gasteiger partial charge is 0.170 e. The third kappa shape index (κ3) is 6.59. The van der Waals surface area contributed by atoms with E-state index in [1.165, 1.54) is 16.7 Å². The maximum Gasteiger partial charge on any atom is 0.170 e. The van der Waals surface area contributed by atoms with E-state index in [2.05, 4.69) is 64.6 Å². The zero-order valence-electron chi connectivity index (χ0n) is 29.3. The van der Waals surface area contributed by atoms with E-state index in [-0.39, 0.29) is 42.6 Å². The zero-order valence-corrected chi connectivity index (χ0v) is 30.9. The van der Waals surface area contributed by atoms with E-state index < -0.39 is 0 Å². The van der Waals surface area contributed by atoms with Gasteiger partial charge >= 0.3 is 0 Å². The van der Waals surface area contributed by atoms with Crippen LogP contribution in [-0.4, -0.2) is 71.6 Å². The van der Waals surface area contributed by atoms with Gasteiger partial charge in [0.2, 0.25) is 0 Å². The second kappa shape index (κ2) is 13.8. The number of methoxy groups -OCH3 is 3. The first-order valence-electron chi connectivity index (χ1n) is 16.4. The summed E-state index contributed by atoms with van der Waals surface area (Å²) in [5.41, 5.74) is 6.84. The van der Waals surface area contributed by atoms with Crippen LogP contribution in [0.15, 0.2) is 60.7 Å². The molecule has 0 aromatic heterocycles. The Morgan fingerprint density at radius 2 is 1.22 bits per heavy atom. The summed E-state index contributed by atoms with van der Waals surface area (Å²) in [6.07, 6.45) is 3.27. The fourth-order valence-corrected chi connectivity index (χ4v) is 7.76. The van der Waals surface area contributed by atoms with Crippen LogP contribution >= 0.6 is 12.4 Å². The Morgan fingerprint density at radius 1 is 0.653 bits per heavy atom. The highest BCUT2D eigenvalue weighted by Crippen LogP contribution is 2.50. The summed E-state index contributed by atoms with van der Waals surface area (Å²) in [5.74, 6) is 3.72. The average Bonchev–Trinajstić information content (AvgIpc) is 3.05. The third-order valence-corrected chi connectivity index (χ3v) is 10.7. The molecule has 8 rings (SSSR count). The molecule has 2 atom stereocenters. The number of rotatable bonds is 3. The van der Waals surface area contributed by atoms with E-state index in [0.29, 0.717) is 51.2 Å². The van der Waals surface area contributed by atoms with Crippen LogP contribution in [0.1, 0.15) is 45.5 Å². The van der Waals surface area contributed by atoms with E-state index >= 15 is 0 Å². The van der Waals surface area contributed by atoms with Crippen molar-refractivity contribution in [2.45, 2.75) is 37.8 Å². The second-order valence-corrected chi connectivity index (χ2v) is 14.3. The second-order valence-electron chi connectivity index (χ2n) is 14.3. The molecule has 4 aliphatic heterocycles. The molecule has 0 unspecified atom stereocenters. The van der Waals surface area contributed by atoms with Crippen molar-refractivity contribution >= 4 is 12.4 Å². The van der Waals surface area contributed by atoms with Gasteiger partial charge in [0, 0.05) is 31.2 Å². The lowest BCUT2D eigenvalue weighted by Crippen LogP contribution is -3.00. The number of hydrogen-bond acceptors (Lipinski definition) is 6. The van der Waals surface area contributed by atoms with E-state index in [1.54, 1.807) is 21.3 Å². The highest BCUT2D eigenvalue weighted by Gasteiger charge is 2.40. The Hall–Kier alpha value is -3.82. The highest BCUT2D eigenvalue weighted by molar-refractivity contribution is 5.85. The van der Waals surface area contributed by atoms with E-state index in [1.807, 2.05) is 24.3 Å². The molecule has 0 saturated carbocycles. The van der Waals surface area contributed by atoms with Crippen molar-refractivity contribution < 1.29 is 50.2 Å². The first-order chi connectivity index (χ1) is 22.5. The van der Waals surface area contributed by atoms with Gasteiger partial charge in [-0.15, -0.1) is 12.4 Å². The SMILES string of the molecule is COc1ccc2cc1Oc1cc3c(cc1OC)CC[N+](C)(C)[C@H]3Cc1ccc(cc1)Oc1c([O-])c(OC)cc3c1[C@H](C2)[N+](C)(C)CC3.Cl.[Cl-]. The number of nitrogens with zero attached hydrogens (tertiary/aromatic N) is 2. The maximum atomic E-state index is 13.9. The Labute approximate surface area is 302 Å². The van der Waals surface area contributed by atoms with Crippen LogP contribution in [0.5, 0.6) is 46.0 Å². The minimum atomic E-state index is -0.227. The minimum Gasteiger partial charge on any atom is -1.00 e. The summed E-state index contributed by atoms with van der Waals surface area (Å²) in [6, 6.07) is 20.7. The van der Waals surface area contributed by atoms with Gasteiger partial charge < -0.3 is 50.2 Å². The number of likely N-dealkylation sites (N-methyl/N-ethyl adjacent to an activating group) is 2. The number of ether oxygens (including phenoxy) is 5. The third-order valence-electron chi connectivity index (χ3n) is 10.7. The molecular formula is C39H46Cl2N2O6. The van der Waals surface area contributed by atoms with Gasteiger partial charge in [-0.1, -0.05) is 18.2 Å². The van der Waals surface area contributed by atoms with Crippen molar-refractivity contribution in [3.63, 3.8) is 0 Å². The van der Waals surface area contributed by atoms with Crippen LogP contribution in [0.4, 0.5) is 0 Å². The largest absolute Gasteiger partial charge is 1.00 e. The Balaban J connectivity index is 0.00000234. The number of quaternary nitrogens is 2. The molecule has 4 heterocycles. The minimum absolute atomic E-state index is 0. The summed E-state index contributed by atoms with van der Waals surface area (Å²) >= 11 is 0. The number of benzene rings is 4. The molecule has 4 aromatic rings. The first kappa shape index (κ1) is 36.5. The van der Waals surface area contributed by atoms with E-state index in [9.17, 15) is 5.11 Å². The number of hydrogen-bond donors (Lipinski definition) is 0. The Bertz CT molecular complexity index is 1840. The predicted molar refractivity (Wildman–Crippen MR) is 187 cm³/mol. The molecule has 49 heavy (non-hydrogen) atoms. The summed E-state index contributed by atoms with van der Waals surface area (Å²) in [7, 11) is 14.0. The van der Waals surface area contributed by atoms with E-state index in [0.717, 1.165) is 53.5 Å². The van der Waals surface area contributed by atoms with Crippen LogP contribution < -0.4 is 41.2 Å². The van der Waals surface area contributed by atoms with Crippen LogP contribution in [0, 0.1) is 0 Å².